The lowest BCUT2D eigenvalue weighted by Gasteiger charge is -2.23. The number of carbonyl (C=O) groups is 1. The fourth-order valence-corrected chi connectivity index (χ4v) is 1.53. The molecule has 1 N–H and O–H groups in total. The number of halogens is 1. The molecule has 0 saturated carbocycles. The van der Waals surface area contributed by atoms with Crippen molar-refractivity contribution >= 4 is 17.6 Å². The zero-order chi connectivity index (χ0) is 15.2. The highest BCUT2D eigenvalue weighted by Crippen LogP contribution is 2.15. The molecule has 0 aromatic heterocycles. The normalized spacial score (nSPS) is 11.1. The number of hydrogen-bond acceptors (Lipinski definition) is 2. The van der Waals surface area contributed by atoms with E-state index in [0.717, 1.165) is 5.75 Å². The Morgan fingerprint density at radius 1 is 1.30 bits per heavy atom. The predicted molar refractivity (Wildman–Crippen MR) is 82.4 cm³/mol. The van der Waals surface area contributed by atoms with Gasteiger partial charge in [-0.25, -0.2) is 4.79 Å². The lowest BCUT2D eigenvalue weighted by molar-refractivity contribution is 0.191. The van der Waals surface area contributed by atoms with Gasteiger partial charge in [-0.1, -0.05) is 32.4 Å². The van der Waals surface area contributed by atoms with Crippen molar-refractivity contribution in [2.45, 2.75) is 20.8 Å². The lowest BCUT2D eigenvalue weighted by Crippen LogP contribution is -2.42. The molecule has 0 aliphatic heterocycles. The maximum Gasteiger partial charge on any atom is 0.317 e. The van der Waals surface area contributed by atoms with Crippen LogP contribution in [0.4, 0.5) is 4.79 Å². The monoisotopic (exact) mass is 298 g/mol. The third kappa shape index (κ3) is 6.66. The van der Waals surface area contributed by atoms with E-state index >= 15 is 0 Å². The van der Waals surface area contributed by atoms with Gasteiger partial charge >= 0.3 is 6.03 Å². The van der Waals surface area contributed by atoms with Gasteiger partial charge in [-0.2, -0.15) is 0 Å². The van der Waals surface area contributed by atoms with Crippen LogP contribution in [0.3, 0.4) is 0 Å². The Morgan fingerprint density at radius 2 is 1.90 bits per heavy atom. The molecule has 0 aliphatic rings. The van der Waals surface area contributed by atoms with Gasteiger partial charge < -0.3 is 15.0 Å². The van der Waals surface area contributed by atoms with E-state index in [1.807, 2.05) is 12.1 Å². The number of likely N-dealkylation sites (N-methyl/N-ethyl adjacent to an activating group) is 1. The average Bonchev–Trinajstić information content (AvgIpc) is 2.37. The van der Waals surface area contributed by atoms with Crippen LogP contribution < -0.4 is 10.1 Å². The molecule has 0 bridgehead atoms. The molecular formula is C15H23ClN2O2. The van der Waals surface area contributed by atoms with Crippen molar-refractivity contribution in [2.75, 3.05) is 26.7 Å². The zero-order valence-electron chi connectivity index (χ0n) is 12.6. The third-order valence-corrected chi connectivity index (χ3v) is 2.88. The van der Waals surface area contributed by atoms with Gasteiger partial charge in [-0.15, -0.1) is 0 Å². The predicted octanol–water partition coefficient (Wildman–Crippen LogP) is 3.41. The lowest BCUT2D eigenvalue weighted by atomic mass is 9.97. The summed E-state index contributed by atoms with van der Waals surface area (Å²) in [5, 5.41) is 3.57. The second kappa shape index (κ2) is 7.39. The molecule has 0 unspecified atom stereocenters. The van der Waals surface area contributed by atoms with Gasteiger partial charge in [0.25, 0.3) is 0 Å². The molecule has 0 heterocycles. The molecule has 1 aromatic rings. The van der Waals surface area contributed by atoms with Crippen LogP contribution in [0.2, 0.25) is 5.02 Å². The van der Waals surface area contributed by atoms with E-state index in [1.165, 1.54) is 0 Å². The molecule has 112 valence electrons. The fourth-order valence-electron chi connectivity index (χ4n) is 1.41. The highest BCUT2D eigenvalue weighted by Gasteiger charge is 2.14. The Labute approximate surface area is 126 Å². The molecule has 0 aliphatic carbocycles. The number of hydrogen-bond donors (Lipinski definition) is 1. The van der Waals surface area contributed by atoms with E-state index in [4.69, 9.17) is 16.3 Å². The standard InChI is InChI=1S/C15H23ClN2O2/c1-15(2,3)11-17-14(19)18(4)9-10-20-13-7-5-12(16)6-8-13/h5-8H,9-11H2,1-4H3,(H,17,19). The Morgan fingerprint density at radius 3 is 2.45 bits per heavy atom. The smallest absolute Gasteiger partial charge is 0.317 e. The maximum atomic E-state index is 11.8. The van der Waals surface area contributed by atoms with Crippen LogP contribution in [-0.2, 0) is 0 Å². The number of nitrogens with one attached hydrogen (secondary N) is 1. The van der Waals surface area contributed by atoms with Crippen molar-refractivity contribution in [3.8, 4) is 5.75 Å². The maximum absolute atomic E-state index is 11.8. The van der Waals surface area contributed by atoms with E-state index in [2.05, 4.69) is 26.1 Å². The zero-order valence-corrected chi connectivity index (χ0v) is 13.3. The quantitative estimate of drug-likeness (QED) is 0.905. The van der Waals surface area contributed by atoms with Crippen molar-refractivity contribution in [3.05, 3.63) is 29.3 Å². The molecule has 1 aromatic carbocycles. The Hall–Kier alpha value is -1.42. The van der Waals surface area contributed by atoms with Gasteiger partial charge in [0.1, 0.15) is 12.4 Å². The highest BCUT2D eigenvalue weighted by atomic mass is 35.5. The number of rotatable bonds is 5. The van der Waals surface area contributed by atoms with E-state index in [9.17, 15) is 4.79 Å². The first-order valence-corrected chi connectivity index (χ1v) is 7.03. The summed E-state index contributed by atoms with van der Waals surface area (Å²) in [6.07, 6.45) is 0. The van der Waals surface area contributed by atoms with E-state index in [0.29, 0.717) is 24.7 Å². The molecule has 2 amide bonds. The first-order chi connectivity index (χ1) is 9.28. The van der Waals surface area contributed by atoms with E-state index < -0.39 is 0 Å². The van der Waals surface area contributed by atoms with E-state index in [1.54, 1.807) is 24.1 Å². The minimum absolute atomic E-state index is 0.0797. The molecule has 1 rings (SSSR count). The number of benzene rings is 1. The van der Waals surface area contributed by atoms with Crippen molar-refractivity contribution in [2.24, 2.45) is 5.41 Å². The fraction of sp³-hybridized carbons (Fsp3) is 0.533. The summed E-state index contributed by atoms with van der Waals surface area (Å²) < 4.78 is 5.55. The topological polar surface area (TPSA) is 41.6 Å². The molecule has 0 radical (unpaired) electrons. The number of nitrogens with zero attached hydrogens (tertiary/aromatic N) is 1. The van der Waals surface area contributed by atoms with Gasteiger partial charge in [-0.05, 0) is 29.7 Å². The van der Waals surface area contributed by atoms with Gasteiger partial charge in [0.2, 0.25) is 0 Å². The van der Waals surface area contributed by atoms with Crippen LogP contribution in [0.5, 0.6) is 5.75 Å². The van der Waals surface area contributed by atoms with Crippen LogP contribution in [0.15, 0.2) is 24.3 Å². The Bertz CT molecular complexity index is 426. The molecule has 0 spiro atoms. The number of amides is 2. The number of ether oxygens (including phenoxy) is 1. The van der Waals surface area contributed by atoms with Crippen LogP contribution in [0.1, 0.15) is 20.8 Å². The summed E-state index contributed by atoms with van der Waals surface area (Å²) in [5.74, 6) is 0.748. The second-order valence-corrected chi connectivity index (χ2v) is 6.38. The molecule has 0 atom stereocenters. The molecule has 5 heteroatoms. The van der Waals surface area contributed by atoms with Gasteiger partial charge in [0.05, 0.1) is 6.54 Å². The Kier molecular flexibility index (Phi) is 6.14. The summed E-state index contributed by atoms with van der Waals surface area (Å²) in [6, 6.07) is 7.08. The summed E-state index contributed by atoms with van der Waals surface area (Å²) in [4.78, 5) is 13.4. The van der Waals surface area contributed by atoms with Crippen LogP contribution in [-0.4, -0.2) is 37.7 Å². The SMILES string of the molecule is CN(CCOc1ccc(Cl)cc1)C(=O)NCC(C)(C)C. The van der Waals surface area contributed by atoms with Gasteiger partial charge in [0, 0.05) is 18.6 Å². The van der Waals surface area contributed by atoms with Crippen LogP contribution >= 0.6 is 11.6 Å². The largest absolute Gasteiger partial charge is 0.492 e. The van der Waals surface area contributed by atoms with Crippen molar-refractivity contribution in [3.63, 3.8) is 0 Å². The average molecular weight is 299 g/mol. The number of urea groups is 1. The number of carbonyl (C=O) groups excluding carboxylic acids is 1. The summed E-state index contributed by atoms with van der Waals surface area (Å²) >= 11 is 5.79. The highest BCUT2D eigenvalue weighted by molar-refractivity contribution is 6.30. The van der Waals surface area contributed by atoms with Gasteiger partial charge in [-0.3, -0.25) is 0 Å². The summed E-state index contributed by atoms with van der Waals surface area (Å²) in [5.41, 5.74) is 0.0797. The minimum Gasteiger partial charge on any atom is -0.492 e. The molecule has 20 heavy (non-hydrogen) atoms. The molecule has 4 nitrogen and oxygen atoms in total. The van der Waals surface area contributed by atoms with E-state index in [-0.39, 0.29) is 11.4 Å². The van der Waals surface area contributed by atoms with Crippen molar-refractivity contribution in [1.29, 1.82) is 0 Å². The second-order valence-electron chi connectivity index (χ2n) is 5.94. The first-order valence-electron chi connectivity index (χ1n) is 6.65. The molecular weight excluding hydrogens is 276 g/mol. The molecule has 0 fully saturated rings. The summed E-state index contributed by atoms with van der Waals surface area (Å²) in [7, 11) is 1.75. The minimum atomic E-state index is -0.0837. The van der Waals surface area contributed by atoms with Crippen LogP contribution in [0.25, 0.3) is 0 Å². The summed E-state index contributed by atoms with van der Waals surface area (Å²) in [6.45, 7) is 7.86. The van der Waals surface area contributed by atoms with Crippen molar-refractivity contribution in [1.82, 2.24) is 10.2 Å². The first kappa shape index (κ1) is 16.6. The van der Waals surface area contributed by atoms with Gasteiger partial charge in [0.15, 0.2) is 0 Å². The van der Waals surface area contributed by atoms with Crippen molar-refractivity contribution < 1.29 is 9.53 Å². The van der Waals surface area contributed by atoms with Crippen LogP contribution in [0, 0.1) is 5.41 Å². The molecule has 0 saturated heterocycles. The third-order valence-electron chi connectivity index (χ3n) is 2.63. The Balaban J connectivity index is 2.27.